The Kier molecular flexibility index (Phi) is 63.7. The van der Waals surface area contributed by atoms with E-state index >= 15 is 0 Å². The molecule has 0 N–H and O–H groups in total. The maximum Gasteiger partial charge on any atom is 0.306 e. The predicted molar refractivity (Wildman–Crippen MR) is 339 cm³/mol. The molecule has 0 bridgehead atoms. The van der Waals surface area contributed by atoms with Crippen molar-refractivity contribution in [1.82, 2.24) is 0 Å². The van der Waals surface area contributed by atoms with E-state index in [0.29, 0.717) is 19.3 Å². The Hall–Kier alpha value is -3.15. The molecule has 0 fully saturated rings. The van der Waals surface area contributed by atoms with E-state index in [1.807, 2.05) is 0 Å². The van der Waals surface area contributed by atoms with E-state index in [2.05, 4.69) is 93.7 Å². The minimum atomic E-state index is -0.809. The van der Waals surface area contributed by atoms with Gasteiger partial charge in [0.05, 0.1) is 0 Å². The van der Waals surface area contributed by atoms with Crippen molar-refractivity contribution in [2.24, 2.45) is 0 Å². The summed E-state index contributed by atoms with van der Waals surface area (Å²) in [4.78, 5) is 38.3. The number of ether oxygens (including phenoxy) is 3. The molecule has 6 heteroatoms. The Morgan fingerprint density at radius 1 is 0.269 bits per heavy atom. The van der Waals surface area contributed by atoms with Gasteiger partial charge in [-0.3, -0.25) is 14.4 Å². The maximum absolute atomic E-state index is 12.9. The first-order valence-corrected chi connectivity index (χ1v) is 33.9. The van der Waals surface area contributed by atoms with Crippen molar-refractivity contribution in [3.05, 3.63) is 72.9 Å². The van der Waals surface area contributed by atoms with Crippen LogP contribution in [-0.4, -0.2) is 37.2 Å². The van der Waals surface area contributed by atoms with Crippen LogP contribution in [0.5, 0.6) is 0 Å². The van der Waals surface area contributed by atoms with Gasteiger partial charge in [0, 0.05) is 19.3 Å². The molecule has 0 aliphatic heterocycles. The molecule has 0 spiro atoms. The maximum atomic E-state index is 12.9. The first-order valence-electron chi connectivity index (χ1n) is 33.9. The summed E-state index contributed by atoms with van der Waals surface area (Å²) >= 11 is 0. The first-order chi connectivity index (χ1) is 38.5. The minimum absolute atomic E-state index is 0.0976. The number of hydrogen-bond donors (Lipinski definition) is 0. The molecule has 6 nitrogen and oxygen atoms in total. The lowest BCUT2D eigenvalue weighted by atomic mass is 10.0. The molecule has 0 saturated carbocycles. The Labute approximate surface area is 484 Å². The van der Waals surface area contributed by atoms with Gasteiger partial charge in [-0.05, 0) is 83.5 Å². The van der Waals surface area contributed by atoms with Gasteiger partial charge in [-0.25, -0.2) is 0 Å². The Morgan fingerprint density at radius 3 is 0.833 bits per heavy atom. The van der Waals surface area contributed by atoms with E-state index in [4.69, 9.17) is 14.2 Å². The summed E-state index contributed by atoms with van der Waals surface area (Å²) in [6.45, 7) is 6.52. The summed E-state index contributed by atoms with van der Waals surface area (Å²) < 4.78 is 16.9. The molecule has 0 amide bonds. The highest BCUT2D eigenvalue weighted by atomic mass is 16.6. The van der Waals surface area contributed by atoms with Crippen LogP contribution in [0.4, 0.5) is 0 Å². The van der Waals surface area contributed by atoms with Crippen LogP contribution >= 0.6 is 0 Å². The van der Waals surface area contributed by atoms with E-state index in [0.717, 1.165) is 83.5 Å². The van der Waals surface area contributed by atoms with Crippen molar-refractivity contribution in [1.29, 1.82) is 0 Å². The van der Waals surface area contributed by atoms with Crippen molar-refractivity contribution in [3.63, 3.8) is 0 Å². The lowest BCUT2D eigenvalue weighted by Gasteiger charge is -2.18. The van der Waals surface area contributed by atoms with Crippen molar-refractivity contribution < 1.29 is 28.6 Å². The molecule has 0 radical (unpaired) electrons. The molecular formula is C72H128O6. The average molecular weight is 1090 g/mol. The number of hydrogen-bond acceptors (Lipinski definition) is 6. The third-order valence-electron chi connectivity index (χ3n) is 14.9. The summed E-state index contributed by atoms with van der Waals surface area (Å²) in [6, 6.07) is 0. The van der Waals surface area contributed by atoms with E-state index in [1.54, 1.807) is 0 Å². The lowest BCUT2D eigenvalue weighted by molar-refractivity contribution is -0.167. The predicted octanol–water partition coefficient (Wildman–Crippen LogP) is 23.3. The van der Waals surface area contributed by atoms with Gasteiger partial charge in [-0.2, -0.15) is 0 Å². The van der Waals surface area contributed by atoms with Crippen LogP contribution in [0.3, 0.4) is 0 Å². The van der Waals surface area contributed by atoms with Gasteiger partial charge in [0.15, 0.2) is 6.10 Å². The molecule has 78 heavy (non-hydrogen) atoms. The quantitative estimate of drug-likeness (QED) is 0.0261. The molecule has 0 aromatic carbocycles. The van der Waals surface area contributed by atoms with Gasteiger partial charge in [-0.15, -0.1) is 0 Å². The Balaban J connectivity index is 4.31. The number of esters is 3. The smallest absolute Gasteiger partial charge is 0.306 e. The zero-order valence-electron chi connectivity index (χ0n) is 51.9. The van der Waals surface area contributed by atoms with Crippen molar-refractivity contribution in [2.75, 3.05) is 13.2 Å². The van der Waals surface area contributed by atoms with Gasteiger partial charge < -0.3 is 14.2 Å². The second-order valence-corrected chi connectivity index (χ2v) is 22.7. The molecule has 0 heterocycles. The number of carbonyl (C=O) groups is 3. The summed E-state index contributed by atoms with van der Waals surface area (Å²) in [7, 11) is 0. The third-order valence-corrected chi connectivity index (χ3v) is 14.9. The first kappa shape index (κ1) is 74.8. The number of unbranched alkanes of at least 4 members (excludes halogenated alkanes) is 39. The molecule has 0 rings (SSSR count). The molecule has 1 atom stereocenters. The van der Waals surface area contributed by atoms with Crippen LogP contribution in [0.15, 0.2) is 72.9 Å². The summed E-state index contributed by atoms with van der Waals surface area (Å²) in [5, 5.41) is 0. The van der Waals surface area contributed by atoms with Gasteiger partial charge >= 0.3 is 17.9 Å². The van der Waals surface area contributed by atoms with E-state index in [9.17, 15) is 14.4 Å². The van der Waals surface area contributed by atoms with Crippen molar-refractivity contribution in [2.45, 2.75) is 354 Å². The van der Waals surface area contributed by atoms with Crippen LogP contribution in [0, 0.1) is 0 Å². The fourth-order valence-electron chi connectivity index (χ4n) is 9.89. The standard InChI is InChI=1S/C72H128O6/c1-4-7-10-13-16-19-22-25-28-31-32-33-34-35-36-37-38-39-40-42-44-47-50-53-56-59-62-65-71(74)77-68-69(67-76-70(73)64-61-58-55-52-49-46-43-30-27-24-21-18-15-12-9-6-3)78-72(75)66-63-60-57-54-51-48-45-41-29-26-23-20-17-14-11-8-5-2/h8,11,17,20,26,29-30,43,45,48,54,57,69H,4-7,9-10,12-16,18-19,21-25,27-28,31-42,44,46-47,49-53,55-56,58-68H2,1-3H3/b11-8-,20-17-,29-26-,43-30-,48-45-,57-54-. The molecule has 0 aromatic rings. The van der Waals surface area contributed by atoms with E-state index in [1.165, 1.54) is 218 Å². The number of rotatable bonds is 62. The van der Waals surface area contributed by atoms with Gasteiger partial charge in [-0.1, -0.05) is 318 Å². The van der Waals surface area contributed by atoms with E-state index in [-0.39, 0.29) is 37.5 Å². The van der Waals surface area contributed by atoms with Crippen LogP contribution in [-0.2, 0) is 28.6 Å². The monoisotopic (exact) mass is 1090 g/mol. The van der Waals surface area contributed by atoms with Crippen LogP contribution in [0.1, 0.15) is 348 Å². The highest BCUT2D eigenvalue weighted by molar-refractivity contribution is 5.71. The molecule has 0 aliphatic rings. The second-order valence-electron chi connectivity index (χ2n) is 22.7. The average Bonchev–Trinajstić information content (AvgIpc) is 3.44. The Morgan fingerprint density at radius 2 is 0.513 bits per heavy atom. The number of carbonyl (C=O) groups excluding carboxylic acids is 3. The second kappa shape index (κ2) is 66.4. The fourth-order valence-corrected chi connectivity index (χ4v) is 9.89. The van der Waals surface area contributed by atoms with Gasteiger partial charge in [0.2, 0.25) is 0 Å². The Bertz CT molecular complexity index is 1440. The highest BCUT2D eigenvalue weighted by Crippen LogP contribution is 2.18. The third kappa shape index (κ3) is 63.7. The molecule has 0 saturated heterocycles. The normalized spacial score (nSPS) is 12.5. The van der Waals surface area contributed by atoms with Crippen molar-refractivity contribution in [3.8, 4) is 0 Å². The SMILES string of the molecule is CC/C=C\C/C=C\C/C=C\C/C=C\C/C=C\CCCC(=O)OC(COC(=O)CCCCCCC/C=C\CCCCCCCCC)COC(=O)CCCCCCCCCCCCCCCCCCCCCCCCCCCCC. The summed E-state index contributed by atoms with van der Waals surface area (Å²) in [5.41, 5.74) is 0. The van der Waals surface area contributed by atoms with E-state index < -0.39 is 6.10 Å². The van der Waals surface area contributed by atoms with Gasteiger partial charge in [0.25, 0.3) is 0 Å². The van der Waals surface area contributed by atoms with Crippen LogP contribution in [0.2, 0.25) is 0 Å². The van der Waals surface area contributed by atoms with Crippen molar-refractivity contribution >= 4 is 17.9 Å². The lowest BCUT2D eigenvalue weighted by Crippen LogP contribution is -2.30. The van der Waals surface area contributed by atoms with Crippen LogP contribution < -0.4 is 0 Å². The highest BCUT2D eigenvalue weighted by Gasteiger charge is 2.19. The fraction of sp³-hybridized carbons (Fsp3) is 0.792. The van der Waals surface area contributed by atoms with Crippen LogP contribution in [0.25, 0.3) is 0 Å². The summed E-state index contributed by atoms with van der Waals surface area (Å²) in [5.74, 6) is -0.948. The number of allylic oxidation sites excluding steroid dienone is 12. The molecule has 452 valence electrons. The zero-order chi connectivity index (χ0) is 56.4. The largest absolute Gasteiger partial charge is 0.462 e. The molecule has 0 aromatic heterocycles. The van der Waals surface area contributed by atoms with Gasteiger partial charge in [0.1, 0.15) is 13.2 Å². The molecule has 1 unspecified atom stereocenters. The minimum Gasteiger partial charge on any atom is -0.462 e. The summed E-state index contributed by atoms with van der Waals surface area (Å²) in [6.07, 6.45) is 86.5. The topological polar surface area (TPSA) is 78.9 Å². The molecular weight excluding hydrogens is 961 g/mol. The molecule has 0 aliphatic carbocycles. The zero-order valence-corrected chi connectivity index (χ0v) is 51.9.